The number of nitrogens with two attached hydrogens (primary N) is 1. The Morgan fingerprint density at radius 3 is 2.71 bits per heavy atom. The van der Waals surface area contributed by atoms with Gasteiger partial charge >= 0.3 is 5.97 Å². The maximum absolute atomic E-state index is 11.7. The van der Waals surface area contributed by atoms with E-state index in [1.807, 2.05) is 0 Å². The second kappa shape index (κ2) is 4.37. The molecule has 0 aliphatic carbocycles. The molecule has 90 valence electrons. The zero-order chi connectivity index (χ0) is 12.6. The maximum Gasteiger partial charge on any atom is 0.335 e. The van der Waals surface area contributed by atoms with E-state index >= 15 is 0 Å². The molecule has 1 amide bonds. The van der Waals surface area contributed by atoms with E-state index in [0.717, 1.165) is 0 Å². The van der Waals surface area contributed by atoms with Crippen molar-refractivity contribution in [1.82, 2.24) is 0 Å². The van der Waals surface area contributed by atoms with Crippen molar-refractivity contribution in [2.45, 2.75) is 11.2 Å². The number of halogens is 1. The molecule has 1 aromatic carbocycles. The summed E-state index contributed by atoms with van der Waals surface area (Å²) in [7, 11) is 0. The van der Waals surface area contributed by atoms with Crippen molar-refractivity contribution in [3.63, 3.8) is 0 Å². The molecule has 1 unspecified atom stereocenters. The van der Waals surface area contributed by atoms with E-state index < -0.39 is 5.97 Å². The van der Waals surface area contributed by atoms with Gasteiger partial charge in [-0.25, -0.2) is 4.79 Å². The van der Waals surface area contributed by atoms with Crippen LogP contribution in [0.3, 0.4) is 0 Å². The molecule has 0 saturated carbocycles. The molecule has 2 rings (SSSR count). The van der Waals surface area contributed by atoms with Crippen LogP contribution in [0.25, 0.3) is 0 Å². The summed E-state index contributed by atoms with van der Waals surface area (Å²) in [6.07, 6.45) is 0.414. The van der Waals surface area contributed by atoms with Gasteiger partial charge in [-0.3, -0.25) is 4.79 Å². The maximum atomic E-state index is 11.7. The summed E-state index contributed by atoms with van der Waals surface area (Å²) >= 11 is 3.37. The molecule has 1 aromatic rings. The minimum Gasteiger partial charge on any atom is -0.478 e. The highest BCUT2D eigenvalue weighted by molar-refractivity contribution is 9.09. The number of hydrogen-bond donors (Lipinski definition) is 2. The Bertz CT molecular complexity index is 490. The molecule has 0 aromatic heterocycles. The van der Waals surface area contributed by atoms with Crippen LogP contribution in [0.1, 0.15) is 16.8 Å². The number of carboxylic acids is 1. The van der Waals surface area contributed by atoms with E-state index in [2.05, 4.69) is 15.9 Å². The Morgan fingerprint density at radius 2 is 2.18 bits per heavy atom. The van der Waals surface area contributed by atoms with Crippen LogP contribution in [0.15, 0.2) is 18.2 Å². The minimum atomic E-state index is -1.06. The van der Waals surface area contributed by atoms with Crippen LogP contribution in [0.5, 0.6) is 0 Å². The smallest absolute Gasteiger partial charge is 0.335 e. The molecule has 0 bridgehead atoms. The number of alkyl halides is 1. The average molecular weight is 299 g/mol. The fourth-order valence-corrected chi connectivity index (χ4v) is 2.39. The third-order valence-electron chi connectivity index (χ3n) is 2.58. The van der Waals surface area contributed by atoms with Gasteiger partial charge in [0.05, 0.1) is 5.56 Å². The predicted octanol–water partition coefficient (Wildman–Crippen LogP) is 1.47. The molecule has 1 aliphatic heterocycles. The fourth-order valence-electron chi connectivity index (χ4n) is 1.83. The van der Waals surface area contributed by atoms with Crippen molar-refractivity contribution in [2.75, 3.05) is 17.2 Å². The second-order valence-corrected chi connectivity index (χ2v) is 5.22. The molecule has 1 aliphatic rings. The molecule has 1 heterocycles. The van der Waals surface area contributed by atoms with E-state index in [-0.39, 0.29) is 16.3 Å². The SMILES string of the molecule is Nc1cc(C(=O)O)cc(N2CC(Br)CC2=O)c1. The molecule has 3 N–H and O–H groups in total. The van der Waals surface area contributed by atoms with Crippen LogP contribution >= 0.6 is 15.9 Å². The summed E-state index contributed by atoms with van der Waals surface area (Å²) in [5.41, 5.74) is 6.60. The lowest BCUT2D eigenvalue weighted by molar-refractivity contribution is -0.117. The number of aromatic carboxylic acids is 1. The van der Waals surface area contributed by atoms with Gasteiger partial charge in [0.15, 0.2) is 0 Å². The molecular formula is C11H11BrN2O3. The van der Waals surface area contributed by atoms with Gasteiger partial charge < -0.3 is 15.7 Å². The van der Waals surface area contributed by atoms with Gasteiger partial charge in [-0.2, -0.15) is 0 Å². The van der Waals surface area contributed by atoms with Gasteiger partial charge in [0.1, 0.15) is 0 Å². The van der Waals surface area contributed by atoms with Crippen LogP contribution < -0.4 is 10.6 Å². The molecule has 6 heteroatoms. The highest BCUT2D eigenvalue weighted by atomic mass is 79.9. The zero-order valence-corrected chi connectivity index (χ0v) is 10.5. The first-order chi connectivity index (χ1) is 7.97. The Hall–Kier alpha value is -1.56. The van der Waals surface area contributed by atoms with E-state index in [1.165, 1.54) is 12.1 Å². The van der Waals surface area contributed by atoms with E-state index in [1.54, 1.807) is 11.0 Å². The zero-order valence-electron chi connectivity index (χ0n) is 8.89. The summed E-state index contributed by atoms with van der Waals surface area (Å²) in [5, 5.41) is 8.93. The normalized spacial score (nSPS) is 19.7. The van der Waals surface area contributed by atoms with Crippen LogP contribution in [-0.4, -0.2) is 28.4 Å². The molecule has 0 spiro atoms. The van der Waals surface area contributed by atoms with Crippen LogP contribution in [0.4, 0.5) is 11.4 Å². The van der Waals surface area contributed by atoms with Gasteiger partial charge in [-0.1, -0.05) is 15.9 Å². The summed E-state index contributed by atoms with van der Waals surface area (Å²) in [4.78, 5) is 24.2. The number of benzene rings is 1. The number of amides is 1. The van der Waals surface area contributed by atoms with Gasteiger partial charge in [-0.05, 0) is 18.2 Å². The lowest BCUT2D eigenvalue weighted by Gasteiger charge is -2.17. The van der Waals surface area contributed by atoms with Crippen molar-refractivity contribution in [2.24, 2.45) is 0 Å². The third kappa shape index (κ3) is 2.41. The second-order valence-electron chi connectivity index (χ2n) is 3.92. The number of rotatable bonds is 2. The van der Waals surface area contributed by atoms with Gasteiger partial charge in [0, 0.05) is 29.2 Å². The molecule has 1 saturated heterocycles. The Kier molecular flexibility index (Phi) is 3.06. The lowest BCUT2D eigenvalue weighted by Crippen LogP contribution is -2.25. The van der Waals surface area contributed by atoms with Crippen LogP contribution in [-0.2, 0) is 4.79 Å². The molecule has 5 nitrogen and oxygen atoms in total. The topological polar surface area (TPSA) is 83.6 Å². The first-order valence-corrected chi connectivity index (χ1v) is 5.97. The summed E-state index contributed by atoms with van der Waals surface area (Å²) in [5.74, 6) is -1.09. The first-order valence-electron chi connectivity index (χ1n) is 5.05. The fraction of sp³-hybridized carbons (Fsp3) is 0.273. The van der Waals surface area contributed by atoms with Crippen molar-refractivity contribution in [3.8, 4) is 0 Å². The number of hydrogen-bond acceptors (Lipinski definition) is 3. The highest BCUT2D eigenvalue weighted by Gasteiger charge is 2.29. The monoisotopic (exact) mass is 298 g/mol. The molecule has 1 atom stereocenters. The predicted molar refractivity (Wildman–Crippen MR) is 67.5 cm³/mol. The highest BCUT2D eigenvalue weighted by Crippen LogP contribution is 2.27. The number of anilines is 2. The number of nitrogen functional groups attached to an aromatic ring is 1. The number of nitrogens with zero attached hydrogens (tertiary/aromatic N) is 1. The van der Waals surface area contributed by atoms with E-state index in [0.29, 0.717) is 24.3 Å². The quantitative estimate of drug-likeness (QED) is 0.640. The first kappa shape index (κ1) is 11.9. The summed E-state index contributed by atoms with van der Waals surface area (Å²) in [6, 6.07) is 4.44. The lowest BCUT2D eigenvalue weighted by atomic mass is 10.1. The molecular weight excluding hydrogens is 288 g/mol. The number of carbonyl (C=O) groups excluding carboxylic acids is 1. The standard InChI is InChI=1S/C11H11BrN2O3/c12-7-3-10(15)14(5-7)9-2-6(11(16)17)1-8(13)4-9/h1-2,4,7H,3,5,13H2,(H,16,17). The van der Waals surface area contributed by atoms with Crippen molar-refractivity contribution in [1.29, 1.82) is 0 Å². The number of carboxylic acid groups (broad SMARTS) is 1. The van der Waals surface area contributed by atoms with Gasteiger partial charge in [-0.15, -0.1) is 0 Å². The molecule has 0 radical (unpaired) electrons. The van der Waals surface area contributed by atoms with Crippen molar-refractivity contribution >= 4 is 39.2 Å². The largest absolute Gasteiger partial charge is 0.478 e. The summed E-state index contributed by atoms with van der Waals surface area (Å²) in [6.45, 7) is 0.529. The molecule has 1 fully saturated rings. The number of carbonyl (C=O) groups is 2. The summed E-state index contributed by atoms with van der Waals surface area (Å²) < 4.78 is 0. The van der Waals surface area contributed by atoms with E-state index in [9.17, 15) is 9.59 Å². The molecule has 17 heavy (non-hydrogen) atoms. The Morgan fingerprint density at radius 1 is 1.47 bits per heavy atom. The Labute approximate surface area is 106 Å². The van der Waals surface area contributed by atoms with Gasteiger partial charge in [0.25, 0.3) is 0 Å². The minimum absolute atomic E-state index is 0.0335. The van der Waals surface area contributed by atoms with Crippen LogP contribution in [0, 0.1) is 0 Å². The third-order valence-corrected chi connectivity index (χ3v) is 3.19. The van der Waals surface area contributed by atoms with Crippen molar-refractivity contribution < 1.29 is 14.7 Å². The van der Waals surface area contributed by atoms with E-state index in [4.69, 9.17) is 10.8 Å². The Balaban J connectivity index is 2.39. The average Bonchev–Trinajstić information content (AvgIpc) is 2.57. The van der Waals surface area contributed by atoms with Crippen molar-refractivity contribution in [3.05, 3.63) is 23.8 Å². The van der Waals surface area contributed by atoms with Gasteiger partial charge in [0.2, 0.25) is 5.91 Å². The van der Waals surface area contributed by atoms with Crippen LogP contribution in [0.2, 0.25) is 0 Å².